The average molecular weight is 218 g/mol. The van der Waals surface area contributed by atoms with E-state index in [1.54, 1.807) is 0 Å². The molecular formula is C6H9O3Y-. The molecule has 1 radical (unpaired) electrons. The summed E-state index contributed by atoms with van der Waals surface area (Å²) in [5.74, 6) is -1.00. The van der Waals surface area contributed by atoms with E-state index < -0.39 is 5.97 Å². The molecule has 0 aromatic rings. The maximum atomic E-state index is 9.78. The summed E-state index contributed by atoms with van der Waals surface area (Å²) in [7, 11) is 0. The van der Waals surface area contributed by atoms with Crippen LogP contribution in [0.15, 0.2) is 12.3 Å². The van der Waals surface area contributed by atoms with Gasteiger partial charge in [0, 0.05) is 32.7 Å². The Balaban J connectivity index is 0. The summed E-state index contributed by atoms with van der Waals surface area (Å²) >= 11 is 0. The van der Waals surface area contributed by atoms with Gasteiger partial charge in [0.05, 0.1) is 18.9 Å². The van der Waals surface area contributed by atoms with Gasteiger partial charge in [-0.1, -0.05) is 0 Å². The van der Waals surface area contributed by atoms with Gasteiger partial charge >= 0.3 is 5.97 Å². The molecule has 0 aliphatic rings. The summed E-state index contributed by atoms with van der Waals surface area (Å²) in [5, 5.41) is 8.03. The standard InChI is InChI=1S/C6H9O3.Y/c1-2-4-9-5-3-6(7)8;/h3,5H,1-2,4H2,(H,7,8);/q-1;/b5-3+;. The predicted molar refractivity (Wildman–Crippen MR) is 32.7 cm³/mol. The van der Waals surface area contributed by atoms with E-state index in [0.717, 1.165) is 12.3 Å². The Labute approximate surface area is 85.3 Å². The fourth-order valence-corrected chi connectivity index (χ4v) is 0.258. The van der Waals surface area contributed by atoms with Gasteiger partial charge in [-0.15, -0.1) is 6.42 Å². The SMILES string of the molecule is [CH2-]CCO/C=C/C(=O)O.[Y]. The van der Waals surface area contributed by atoms with Crippen molar-refractivity contribution in [3.63, 3.8) is 0 Å². The van der Waals surface area contributed by atoms with E-state index in [1.165, 1.54) is 0 Å². The van der Waals surface area contributed by atoms with Crippen LogP contribution in [0, 0.1) is 6.92 Å². The second-order valence-corrected chi connectivity index (χ2v) is 1.37. The maximum Gasteiger partial charge on any atom is 0.331 e. The van der Waals surface area contributed by atoms with Gasteiger partial charge in [-0.2, -0.15) is 0 Å². The van der Waals surface area contributed by atoms with Crippen molar-refractivity contribution in [2.45, 2.75) is 6.42 Å². The summed E-state index contributed by atoms with van der Waals surface area (Å²) in [4.78, 5) is 9.78. The van der Waals surface area contributed by atoms with Crippen molar-refractivity contribution in [1.29, 1.82) is 0 Å². The summed E-state index contributed by atoms with van der Waals surface area (Å²) in [6, 6.07) is 0. The third kappa shape index (κ3) is 11.0. The number of carbonyl (C=O) groups is 1. The molecule has 0 fully saturated rings. The number of rotatable bonds is 4. The Morgan fingerprint density at radius 1 is 1.70 bits per heavy atom. The van der Waals surface area contributed by atoms with Gasteiger partial charge in [0.15, 0.2) is 0 Å². The molecule has 0 heterocycles. The Morgan fingerprint density at radius 3 is 2.70 bits per heavy atom. The number of carboxylic acid groups (broad SMARTS) is 1. The Hall–Kier alpha value is 0.114. The van der Waals surface area contributed by atoms with Crippen molar-refractivity contribution < 1.29 is 47.3 Å². The molecule has 0 amide bonds. The van der Waals surface area contributed by atoms with Crippen molar-refractivity contribution in [3.05, 3.63) is 19.3 Å². The third-order valence-corrected chi connectivity index (χ3v) is 0.569. The molecule has 3 nitrogen and oxygen atoms in total. The zero-order valence-corrected chi connectivity index (χ0v) is 8.46. The van der Waals surface area contributed by atoms with Crippen LogP contribution in [-0.4, -0.2) is 17.7 Å². The van der Waals surface area contributed by atoms with Crippen LogP contribution in [0.4, 0.5) is 0 Å². The monoisotopic (exact) mass is 218 g/mol. The van der Waals surface area contributed by atoms with Gasteiger partial charge in [-0.25, -0.2) is 4.79 Å². The molecule has 10 heavy (non-hydrogen) atoms. The number of aliphatic carboxylic acids is 1. The number of hydrogen-bond acceptors (Lipinski definition) is 2. The first-order valence-corrected chi connectivity index (χ1v) is 2.57. The van der Waals surface area contributed by atoms with Crippen LogP contribution in [-0.2, 0) is 42.2 Å². The molecule has 0 aliphatic heterocycles. The summed E-state index contributed by atoms with van der Waals surface area (Å²) in [6.45, 7) is 3.96. The zero-order valence-electron chi connectivity index (χ0n) is 5.62. The van der Waals surface area contributed by atoms with E-state index in [4.69, 9.17) is 5.11 Å². The van der Waals surface area contributed by atoms with Gasteiger partial charge < -0.3 is 16.8 Å². The minimum Gasteiger partial charge on any atom is -0.504 e. The first-order valence-electron chi connectivity index (χ1n) is 2.57. The van der Waals surface area contributed by atoms with Crippen molar-refractivity contribution in [2.75, 3.05) is 6.61 Å². The van der Waals surface area contributed by atoms with Crippen LogP contribution in [0.3, 0.4) is 0 Å². The van der Waals surface area contributed by atoms with Crippen LogP contribution >= 0.6 is 0 Å². The molecule has 0 rings (SSSR count). The smallest absolute Gasteiger partial charge is 0.331 e. The van der Waals surface area contributed by atoms with Gasteiger partial charge in [-0.3, -0.25) is 0 Å². The first-order chi connectivity index (χ1) is 4.27. The second-order valence-electron chi connectivity index (χ2n) is 1.37. The summed E-state index contributed by atoms with van der Waals surface area (Å²) < 4.78 is 4.67. The van der Waals surface area contributed by atoms with Gasteiger partial charge in [0.2, 0.25) is 0 Å². The minimum atomic E-state index is -1.00. The fraction of sp³-hybridized carbons (Fsp3) is 0.333. The first kappa shape index (κ1) is 12.8. The molecule has 0 aromatic carbocycles. The van der Waals surface area contributed by atoms with Crippen LogP contribution in [0.1, 0.15) is 6.42 Å². The van der Waals surface area contributed by atoms with E-state index in [-0.39, 0.29) is 32.7 Å². The Kier molecular flexibility index (Phi) is 11.6. The van der Waals surface area contributed by atoms with Crippen molar-refractivity contribution in [1.82, 2.24) is 0 Å². The van der Waals surface area contributed by atoms with Crippen LogP contribution in [0.2, 0.25) is 0 Å². The van der Waals surface area contributed by atoms with Crippen LogP contribution in [0.5, 0.6) is 0 Å². The molecule has 0 saturated carbocycles. The van der Waals surface area contributed by atoms with E-state index in [9.17, 15) is 4.79 Å². The summed E-state index contributed by atoms with van der Waals surface area (Å²) in [6.07, 6.45) is 2.73. The number of carboxylic acids is 1. The summed E-state index contributed by atoms with van der Waals surface area (Å²) in [5.41, 5.74) is 0. The molecule has 55 valence electrons. The zero-order chi connectivity index (χ0) is 7.11. The van der Waals surface area contributed by atoms with E-state index >= 15 is 0 Å². The van der Waals surface area contributed by atoms with E-state index in [2.05, 4.69) is 11.7 Å². The van der Waals surface area contributed by atoms with Crippen molar-refractivity contribution >= 4 is 5.97 Å². The van der Waals surface area contributed by atoms with Gasteiger partial charge in [0.1, 0.15) is 0 Å². The fourth-order valence-electron chi connectivity index (χ4n) is 0.258. The largest absolute Gasteiger partial charge is 0.504 e. The third-order valence-electron chi connectivity index (χ3n) is 0.569. The van der Waals surface area contributed by atoms with Crippen LogP contribution < -0.4 is 0 Å². The molecule has 0 spiro atoms. The predicted octanol–water partition coefficient (Wildman–Crippen LogP) is 0.823. The van der Waals surface area contributed by atoms with Gasteiger partial charge in [0.25, 0.3) is 0 Å². The Morgan fingerprint density at radius 2 is 2.30 bits per heavy atom. The quantitative estimate of drug-likeness (QED) is 0.329. The minimum absolute atomic E-state index is 0. The normalized spacial score (nSPS) is 8.90. The molecule has 0 saturated heterocycles. The average Bonchev–Trinajstić information content (AvgIpc) is 1.80. The van der Waals surface area contributed by atoms with Crippen molar-refractivity contribution in [2.24, 2.45) is 0 Å². The molecule has 0 atom stereocenters. The number of hydrogen-bond donors (Lipinski definition) is 1. The molecule has 0 aromatic heterocycles. The molecule has 0 aliphatic carbocycles. The molecular weight excluding hydrogens is 209 g/mol. The van der Waals surface area contributed by atoms with Crippen molar-refractivity contribution in [3.8, 4) is 0 Å². The topological polar surface area (TPSA) is 46.5 Å². The molecule has 1 N–H and O–H groups in total. The van der Waals surface area contributed by atoms with E-state index in [0.29, 0.717) is 13.0 Å². The number of ether oxygens (including phenoxy) is 1. The maximum absolute atomic E-state index is 9.78. The van der Waals surface area contributed by atoms with Crippen LogP contribution in [0.25, 0.3) is 0 Å². The molecule has 0 unspecified atom stereocenters. The second kappa shape index (κ2) is 9.11. The molecule has 0 bridgehead atoms. The van der Waals surface area contributed by atoms with E-state index in [1.807, 2.05) is 0 Å². The van der Waals surface area contributed by atoms with Gasteiger partial charge in [-0.05, 0) is 0 Å². The molecule has 4 heteroatoms. The Bertz CT molecular complexity index is 112.